The molecule has 4 rings (SSSR count). The van der Waals surface area contributed by atoms with Crippen molar-refractivity contribution in [1.29, 1.82) is 0 Å². The summed E-state index contributed by atoms with van der Waals surface area (Å²) in [6, 6.07) is 12.5. The molecule has 26 heavy (non-hydrogen) atoms. The van der Waals surface area contributed by atoms with E-state index in [1.54, 1.807) is 12.1 Å². The number of cyclic esters (lactones) is 1. The molecule has 3 aromatic rings. The van der Waals surface area contributed by atoms with Crippen LogP contribution in [0.3, 0.4) is 0 Å². The summed E-state index contributed by atoms with van der Waals surface area (Å²) in [4.78, 5) is 13.2. The van der Waals surface area contributed by atoms with E-state index < -0.39 is 18.0 Å². The number of benzene rings is 2. The predicted octanol–water partition coefficient (Wildman–Crippen LogP) is 2.79. The first kappa shape index (κ1) is 16.5. The van der Waals surface area contributed by atoms with E-state index in [9.17, 15) is 9.18 Å². The number of pyridine rings is 1. The highest BCUT2D eigenvalue weighted by atomic mass is 19.1. The number of amides is 1. The van der Waals surface area contributed by atoms with Gasteiger partial charge in [0.1, 0.15) is 19.0 Å². The third kappa shape index (κ3) is 2.88. The van der Waals surface area contributed by atoms with E-state index in [1.807, 2.05) is 48.3 Å². The zero-order valence-corrected chi connectivity index (χ0v) is 14.2. The molecule has 1 fully saturated rings. The van der Waals surface area contributed by atoms with Crippen LogP contribution in [0.2, 0.25) is 0 Å². The lowest BCUT2D eigenvalue weighted by Gasteiger charge is -2.14. The van der Waals surface area contributed by atoms with Gasteiger partial charge in [0.15, 0.2) is 12.4 Å². The Balaban J connectivity index is 1.69. The molecule has 0 radical (unpaired) electrons. The Morgan fingerprint density at radius 2 is 2.08 bits per heavy atom. The van der Waals surface area contributed by atoms with Gasteiger partial charge in [0, 0.05) is 17.0 Å². The summed E-state index contributed by atoms with van der Waals surface area (Å²) in [7, 11) is 1.94. The van der Waals surface area contributed by atoms with Crippen LogP contribution in [0.15, 0.2) is 54.9 Å². The van der Waals surface area contributed by atoms with Gasteiger partial charge in [0.25, 0.3) is 0 Å². The van der Waals surface area contributed by atoms with Gasteiger partial charge >= 0.3 is 6.09 Å². The molecule has 132 valence electrons. The number of aromatic nitrogens is 1. The fraction of sp³-hybridized carbons (Fsp3) is 0.200. The van der Waals surface area contributed by atoms with Gasteiger partial charge < -0.3 is 9.84 Å². The van der Waals surface area contributed by atoms with Crippen molar-refractivity contribution in [2.45, 2.75) is 6.10 Å². The number of aliphatic hydroxyl groups excluding tert-OH is 1. The summed E-state index contributed by atoms with van der Waals surface area (Å²) in [5.74, 6) is -0.414. The SMILES string of the molecule is C[n+]1ccc2ccc(-c3ccc(N4C[C@H](CO)OC4=O)cc3F)cc2c1. The second kappa shape index (κ2) is 6.38. The van der Waals surface area contributed by atoms with Gasteiger partial charge in [-0.25, -0.2) is 13.8 Å². The van der Waals surface area contributed by atoms with E-state index in [1.165, 1.54) is 11.0 Å². The molecule has 1 amide bonds. The Morgan fingerprint density at radius 1 is 1.23 bits per heavy atom. The highest BCUT2D eigenvalue weighted by molar-refractivity contribution is 5.91. The molecule has 1 N–H and O–H groups in total. The lowest BCUT2D eigenvalue weighted by molar-refractivity contribution is -0.670. The normalized spacial score (nSPS) is 17.0. The molecule has 6 heteroatoms. The van der Waals surface area contributed by atoms with Crippen molar-refractivity contribution in [1.82, 2.24) is 0 Å². The number of carbonyl (C=O) groups is 1. The Kier molecular flexibility index (Phi) is 4.05. The van der Waals surface area contributed by atoms with E-state index in [2.05, 4.69) is 0 Å². The third-order valence-corrected chi connectivity index (χ3v) is 4.57. The maximum absolute atomic E-state index is 14.7. The van der Waals surface area contributed by atoms with Crippen LogP contribution in [0.1, 0.15) is 0 Å². The quantitative estimate of drug-likeness (QED) is 0.737. The van der Waals surface area contributed by atoms with Crippen molar-refractivity contribution in [3.05, 3.63) is 60.7 Å². The first-order valence-electron chi connectivity index (χ1n) is 8.33. The average molecular weight is 353 g/mol. The largest absolute Gasteiger partial charge is 0.441 e. The number of fused-ring (bicyclic) bond motifs is 1. The first-order chi connectivity index (χ1) is 12.5. The van der Waals surface area contributed by atoms with Crippen molar-refractivity contribution in [3.8, 4) is 11.1 Å². The summed E-state index contributed by atoms with van der Waals surface area (Å²) >= 11 is 0. The summed E-state index contributed by atoms with van der Waals surface area (Å²) in [5, 5.41) is 11.2. The molecule has 0 saturated carbocycles. The van der Waals surface area contributed by atoms with Crippen molar-refractivity contribution < 1.29 is 23.6 Å². The van der Waals surface area contributed by atoms with Crippen molar-refractivity contribution in [3.63, 3.8) is 0 Å². The minimum absolute atomic E-state index is 0.209. The van der Waals surface area contributed by atoms with E-state index in [0.717, 1.165) is 16.3 Å². The molecule has 1 aliphatic rings. The number of nitrogens with zero attached hydrogens (tertiary/aromatic N) is 2. The van der Waals surface area contributed by atoms with E-state index >= 15 is 0 Å². The highest BCUT2D eigenvalue weighted by Gasteiger charge is 2.32. The topological polar surface area (TPSA) is 53.6 Å². The molecule has 0 bridgehead atoms. The number of aryl methyl sites for hydroxylation is 1. The lowest BCUT2D eigenvalue weighted by Crippen LogP contribution is -2.25. The van der Waals surface area contributed by atoms with Crippen LogP contribution in [0.4, 0.5) is 14.9 Å². The smallest absolute Gasteiger partial charge is 0.414 e. The van der Waals surface area contributed by atoms with E-state index in [4.69, 9.17) is 9.84 Å². The van der Waals surface area contributed by atoms with Crippen molar-refractivity contribution >= 4 is 22.6 Å². The first-order valence-corrected chi connectivity index (χ1v) is 8.33. The second-order valence-corrected chi connectivity index (χ2v) is 6.42. The van der Waals surface area contributed by atoms with Crippen LogP contribution >= 0.6 is 0 Å². The van der Waals surface area contributed by atoms with Gasteiger partial charge in [0.05, 0.1) is 18.8 Å². The van der Waals surface area contributed by atoms with Crippen LogP contribution in [0.25, 0.3) is 21.9 Å². The van der Waals surface area contributed by atoms with Gasteiger partial charge in [-0.2, -0.15) is 0 Å². The maximum Gasteiger partial charge on any atom is 0.414 e. The molecule has 2 aromatic carbocycles. The lowest BCUT2D eigenvalue weighted by atomic mass is 10.0. The summed E-state index contributed by atoms with van der Waals surface area (Å²) in [5.41, 5.74) is 1.65. The molecule has 1 saturated heterocycles. The Bertz CT molecular complexity index is 1010. The second-order valence-electron chi connectivity index (χ2n) is 6.42. The molecule has 1 aromatic heterocycles. The molecule has 0 aliphatic carbocycles. The van der Waals surface area contributed by atoms with Gasteiger partial charge in [-0.05, 0) is 35.2 Å². The molecule has 0 spiro atoms. The molecule has 1 aliphatic heterocycles. The van der Waals surface area contributed by atoms with Gasteiger partial charge in [0.2, 0.25) is 0 Å². The summed E-state index contributed by atoms with van der Waals surface area (Å²) < 4.78 is 21.7. The van der Waals surface area contributed by atoms with Crippen LogP contribution in [0, 0.1) is 5.82 Å². The molecule has 1 atom stereocenters. The number of halogens is 1. The summed E-state index contributed by atoms with van der Waals surface area (Å²) in [6.45, 7) is -0.0437. The van der Waals surface area contributed by atoms with Crippen molar-refractivity contribution in [2.75, 3.05) is 18.1 Å². The van der Waals surface area contributed by atoms with Gasteiger partial charge in [-0.3, -0.25) is 4.90 Å². The highest BCUT2D eigenvalue weighted by Crippen LogP contribution is 2.30. The molecule has 5 nitrogen and oxygen atoms in total. The predicted molar refractivity (Wildman–Crippen MR) is 95.2 cm³/mol. The number of rotatable bonds is 3. The number of anilines is 1. The van der Waals surface area contributed by atoms with Gasteiger partial charge in [-0.1, -0.05) is 12.1 Å². The van der Waals surface area contributed by atoms with Crippen LogP contribution in [-0.2, 0) is 11.8 Å². The number of aliphatic hydroxyl groups is 1. The monoisotopic (exact) mass is 353 g/mol. The maximum atomic E-state index is 14.7. The fourth-order valence-electron chi connectivity index (χ4n) is 3.20. The zero-order valence-electron chi connectivity index (χ0n) is 14.2. The van der Waals surface area contributed by atoms with E-state index in [0.29, 0.717) is 11.3 Å². The Hall–Kier alpha value is -2.99. The van der Waals surface area contributed by atoms with Gasteiger partial charge in [-0.15, -0.1) is 0 Å². The fourth-order valence-corrected chi connectivity index (χ4v) is 3.20. The Morgan fingerprint density at radius 3 is 2.81 bits per heavy atom. The number of hydrogen-bond donors (Lipinski definition) is 1. The third-order valence-electron chi connectivity index (χ3n) is 4.57. The molecular formula is C20H18FN2O3+. The summed E-state index contributed by atoms with van der Waals surface area (Å²) in [6.07, 6.45) is 2.80. The standard InChI is InChI=1S/C20H18FN2O3/c1-22-7-6-13-2-3-14(8-15(13)10-22)18-5-4-16(9-19(18)21)23-11-17(12-24)26-20(23)25/h2-10,17,24H,11-12H2,1H3/q+1/t17-/m1/s1. The average Bonchev–Trinajstić information content (AvgIpc) is 3.02. The number of ether oxygens (including phenoxy) is 1. The van der Waals surface area contributed by atoms with Crippen LogP contribution < -0.4 is 9.47 Å². The minimum atomic E-state index is -0.577. The number of carbonyl (C=O) groups excluding carboxylic acids is 1. The minimum Gasteiger partial charge on any atom is -0.441 e. The van der Waals surface area contributed by atoms with Crippen LogP contribution in [0.5, 0.6) is 0 Å². The van der Waals surface area contributed by atoms with E-state index in [-0.39, 0.29) is 13.2 Å². The molecular weight excluding hydrogens is 335 g/mol. The molecule has 2 heterocycles. The van der Waals surface area contributed by atoms with Crippen LogP contribution in [-0.4, -0.2) is 30.5 Å². The molecule has 0 unspecified atom stereocenters. The Labute approximate surface area is 149 Å². The number of hydrogen-bond acceptors (Lipinski definition) is 3. The zero-order chi connectivity index (χ0) is 18.3. The van der Waals surface area contributed by atoms with Crippen molar-refractivity contribution in [2.24, 2.45) is 7.05 Å².